The van der Waals surface area contributed by atoms with E-state index in [0.717, 1.165) is 41.8 Å². The summed E-state index contributed by atoms with van der Waals surface area (Å²) in [6.45, 7) is 0. The van der Waals surface area contributed by atoms with E-state index in [1.165, 1.54) is 11.1 Å². The summed E-state index contributed by atoms with van der Waals surface area (Å²) < 4.78 is 0. The van der Waals surface area contributed by atoms with Gasteiger partial charge in [-0.05, 0) is 60.2 Å². The molecule has 4 nitrogen and oxygen atoms in total. The molecule has 1 aromatic heterocycles. The standard InChI is InChI=1S/C22H18N2O2/c25-24(26)20-12-9-16(10-13-20)15-19-8-4-7-18-11-14-21(23-22(18)19)17-5-2-1-3-6-17/h1-3,5-6,9-15H,4,7-8H2/b19-15-. The molecule has 1 aliphatic carbocycles. The molecule has 0 atom stereocenters. The van der Waals surface area contributed by atoms with Crippen molar-refractivity contribution in [1.82, 2.24) is 4.98 Å². The lowest BCUT2D eigenvalue weighted by molar-refractivity contribution is -0.384. The van der Waals surface area contributed by atoms with Crippen molar-refractivity contribution in [3.8, 4) is 11.3 Å². The van der Waals surface area contributed by atoms with Crippen LogP contribution in [0, 0.1) is 10.1 Å². The first-order chi connectivity index (χ1) is 12.7. The third-order valence-electron chi connectivity index (χ3n) is 4.69. The van der Waals surface area contributed by atoms with Crippen LogP contribution in [0.15, 0.2) is 66.7 Å². The third-order valence-corrected chi connectivity index (χ3v) is 4.69. The monoisotopic (exact) mass is 342 g/mol. The highest BCUT2D eigenvalue weighted by atomic mass is 16.6. The van der Waals surface area contributed by atoms with E-state index in [0.29, 0.717) is 0 Å². The van der Waals surface area contributed by atoms with Crippen LogP contribution in [0.25, 0.3) is 22.9 Å². The van der Waals surface area contributed by atoms with Gasteiger partial charge in [-0.25, -0.2) is 4.98 Å². The van der Waals surface area contributed by atoms with Crippen LogP contribution in [0.2, 0.25) is 0 Å². The average molecular weight is 342 g/mol. The number of hydrogen-bond acceptors (Lipinski definition) is 3. The molecule has 4 rings (SSSR count). The Morgan fingerprint density at radius 3 is 2.42 bits per heavy atom. The number of rotatable bonds is 3. The fourth-order valence-corrected chi connectivity index (χ4v) is 3.36. The Hall–Kier alpha value is -3.27. The van der Waals surface area contributed by atoms with Crippen LogP contribution in [0.1, 0.15) is 29.7 Å². The zero-order valence-electron chi connectivity index (χ0n) is 14.3. The second-order valence-electron chi connectivity index (χ2n) is 6.44. The summed E-state index contributed by atoms with van der Waals surface area (Å²) in [4.78, 5) is 15.4. The predicted molar refractivity (Wildman–Crippen MR) is 104 cm³/mol. The predicted octanol–water partition coefficient (Wildman–Crippen LogP) is 5.53. The van der Waals surface area contributed by atoms with E-state index < -0.39 is 0 Å². The highest BCUT2D eigenvalue weighted by Crippen LogP contribution is 2.33. The van der Waals surface area contributed by atoms with Crippen molar-refractivity contribution >= 4 is 17.3 Å². The van der Waals surface area contributed by atoms with Crippen molar-refractivity contribution < 1.29 is 4.92 Å². The minimum atomic E-state index is -0.374. The second kappa shape index (κ2) is 6.92. The van der Waals surface area contributed by atoms with Gasteiger partial charge in [0.05, 0.1) is 16.3 Å². The van der Waals surface area contributed by atoms with Gasteiger partial charge in [0.1, 0.15) is 0 Å². The van der Waals surface area contributed by atoms with Gasteiger partial charge in [-0.15, -0.1) is 0 Å². The summed E-state index contributed by atoms with van der Waals surface area (Å²) in [5.41, 5.74) is 6.67. The van der Waals surface area contributed by atoms with Gasteiger partial charge in [0.15, 0.2) is 0 Å². The van der Waals surface area contributed by atoms with Crippen molar-refractivity contribution in [2.45, 2.75) is 19.3 Å². The molecular weight excluding hydrogens is 324 g/mol. The number of hydrogen-bond donors (Lipinski definition) is 0. The van der Waals surface area contributed by atoms with E-state index in [-0.39, 0.29) is 10.6 Å². The Balaban J connectivity index is 1.73. The van der Waals surface area contributed by atoms with Crippen LogP contribution in [0.5, 0.6) is 0 Å². The number of nitrogens with zero attached hydrogens (tertiary/aromatic N) is 2. The summed E-state index contributed by atoms with van der Waals surface area (Å²) in [5.74, 6) is 0. The maximum absolute atomic E-state index is 10.8. The normalized spacial score (nSPS) is 14.8. The van der Waals surface area contributed by atoms with Gasteiger partial charge >= 0.3 is 0 Å². The van der Waals surface area contributed by atoms with Crippen molar-refractivity contribution in [2.75, 3.05) is 0 Å². The maximum Gasteiger partial charge on any atom is 0.269 e. The number of allylic oxidation sites excluding steroid dienone is 1. The zero-order chi connectivity index (χ0) is 17.9. The second-order valence-corrected chi connectivity index (χ2v) is 6.44. The van der Waals surface area contributed by atoms with Gasteiger partial charge in [0.2, 0.25) is 0 Å². The van der Waals surface area contributed by atoms with Crippen molar-refractivity contribution in [3.05, 3.63) is 93.7 Å². The van der Waals surface area contributed by atoms with Crippen LogP contribution in [0.4, 0.5) is 5.69 Å². The number of benzene rings is 2. The van der Waals surface area contributed by atoms with E-state index in [9.17, 15) is 10.1 Å². The molecule has 0 spiro atoms. The summed E-state index contributed by atoms with van der Waals surface area (Å²) in [6.07, 6.45) is 5.20. The Morgan fingerprint density at radius 1 is 0.923 bits per heavy atom. The molecule has 0 bridgehead atoms. The largest absolute Gasteiger partial charge is 0.269 e. The number of nitro groups is 1. The molecule has 0 saturated carbocycles. The van der Waals surface area contributed by atoms with Crippen molar-refractivity contribution in [3.63, 3.8) is 0 Å². The van der Waals surface area contributed by atoms with Crippen LogP contribution >= 0.6 is 0 Å². The van der Waals surface area contributed by atoms with Gasteiger partial charge in [-0.1, -0.05) is 36.4 Å². The summed E-state index contributed by atoms with van der Waals surface area (Å²) in [7, 11) is 0. The maximum atomic E-state index is 10.8. The van der Waals surface area contributed by atoms with Crippen molar-refractivity contribution in [2.24, 2.45) is 0 Å². The lowest BCUT2D eigenvalue weighted by atomic mass is 9.89. The number of pyridine rings is 1. The number of fused-ring (bicyclic) bond motifs is 1. The highest BCUT2D eigenvalue weighted by molar-refractivity contribution is 5.83. The van der Waals surface area contributed by atoms with E-state index in [1.807, 2.05) is 18.2 Å². The Kier molecular flexibility index (Phi) is 4.32. The van der Waals surface area contributed by atoms with Crippen LogP contribution < -0.4 is 0 Å². The highest BCUT2D eigenvalue weighted by Gasteiger charge is 2.17. The molecule has 0 amide bonds. The van der Waals surface area contributed by atoms with Crippen LogP contribution in [-0.4, -0.2) is 9.91 Å². The van der Waals surface area contributed by atoms with Gasteiger partial charge in [0.25, 0.3) is 5.69 Å². The minimum Gasteiger partial charge on any atom is -0.258 e. The average Bonchev–Trinajstić information content (AvgIpc) is 2.69. The van der Waals surface area contributed by atoms with E-state index in [2.05, 4.69) is 30.3 Å². The number of aromatic nitrogens is 1. The fraction of sp³-hybridized carbons (Fsp3) is 0.136. The summed E-state index contributed by atoms with van der Waals surface area (Å²) in [6, 6.07) is 21.1. The summed E-state index contributed by atoms with van der Waals surface area (Å²) >= 11 is 0. The van der Waals surface area contributed by atoms with Crippen LogP contribution in [0.3, 0.4) is 0 Å². The smallest absolute Gasteiger partial charge is 0.258 e. The van der Waals surface area contributed by atoms with Gasteiger partial charge in [0, 0.05) is 17.7 Å². The minimum absolute atomic E-state index is 0.112. The molecule has 1 heterocycles. The Morgan fingerprint density at radius 2 is 1.69 bits per heavy atom. The SMILES string of the molecule is O=[N+]([O-])c1ccc(/C=C2/CCCc3ccc(-c4ccccc4)nc32)cc1. The van der Waals surface area contributed by atoms with Gasteiger partial charge in [-0.3, -0.25) is 10.1 Å². The lowest BCUT2D eigenvalue weighted by Gasteiger charge is -2.19. The molecule has 3 aromatic rings. The first kappa shape index (κ1) is 16.2. The molecule has 4 heteroatoms. The zero-order valence-corrected chi connectivity index (χ0v) is 14.3. The summed E-state index contributed by atoms with van der Waals surface area (Å²) in [5, 5.41) is 10.8. The fourth-order valence-electron chi connectivity index (χ4n) is 3.36. The first-order valence-electron chi connectivity index (χ1n) is 8.71. The lowest BCUT2D eigenvalue weighted by Crippen LogP contribution is -2.05. The molecule has 1 aliphatic rings. The molecule has 0 radical (unpaired) electrons. The molecule has 0 saturated heterocycles. The quantitative estimate of drug-likeness (QED) is 0.464. The Bertz CT molecular complexity index is 977. The molecule has 128 valence electrons. The third kappa shape index (κ3) is 3.26. The van der Waals surface area contributed by atoms with Crippen molar-refractivity contribution in [1.29, 1.82) is 0 Å². The Labute approximate surface area is 152 Å². The van der Waals surface area contributed by atoms with Gasteiger partial charge < -0.3 is 0 Å². The molecule has 2 aromatic carbocycles. The molecule has 0 N–H and O–H groups in total. The molecule has 0 unspecified atom stereocenters. The first-order valence-corrected chi connectivity index (χ1v) is 8.71. The van der Waals surface area contributed by atoms with Gasteiger partial charge in [-0.2, -0.15) is 0 Å². The molecule has 26 heavy (non-hydrogen) atoms. The van der Waals surface area contributed by atoms with E-state index in [1.54, 1.807) is 24.3 Å². The topological polar surface area (TPSA) is 56.0 Å². The number of nitro benzene ring substituents is 1. The van der Waals surface area contributed by atoms with Crippen LogP contribution in [-0.2, 0) is 6.42 Å². The van der Waals surface area contributed by atoms with E-state index >= 15 is 0 Å². The molecule has 0 aliphatic heterocycles. The number of non-ortho nitro benzene ring substituents is 1. The van der Waals surface area contributed by atoms with E-state index in [4.69, 9.17) is 4.98 Å². The number of aryl methyl sites for hydroxylation is 1. The molecule has 0 fully saturated rings. The molecular formula is C22H18N2O2.